The molecule has 0 radical (unpaired) electrons. The lowest BCUT2D eigenvalue weighted by Crippen LogP contribution is -2.39. The predicted molar refractivity (Wildman–Crippen MR) is 169 cm³/mol. The molecule has 0 heterocycles. The first-order chi connectivity index (χ1) is 20.6. The van der Waals surface area contributed by atoms with Crippen LogP contribution in [0.2, 0.25) is 15.1 Å². The fourth-order valence-electron chi connectivity index (χ4n) is 3.87. The number of nitrogens with zero attached hydrogens (tertiary/aromatic N) is 2. The van der Waals surface area contributed by atoms with Crippen LogP contribution in [-0.4, -0.2) is 41.3 Å². The van der Waals surface area contributed by atoms with Crippen LogP contribution in [0.25, 0.3) is 0 Å². The summed E-state index contributed by atoms with van der Waals surface area (Å²) < 4.78 is 44.4. The molecule has 0 aliphatic rings. The van der Waals surface area contributed by atoms with Crippen molar-refractivity contribution in [3.8, 4) is 17.2 Å². The van der Waals surface area contributed by atoms with Crippen molar-refractivity contribution in [3.05, 3.63) is 111 Å². The second-order valence-corrected chi connectivity index (χ2v) is 12.0. The van der Waals surface area contributed by atoms with E-state index in [1.54, 1.807) is 54.6 Å². The Hall–Kier alpha value is -3.96. The van der Waals surface area contributed by atoms with Gasteiger partial charge in [-0.3, -0.25) is 9.10 Å². The SMILES string of the molecule is COc1ccc(N(CC(=O)N/N=C/c2ccc(OCc3ccc(Cl)cc3Cl)c(OC)c2)S(=O)(=O)c2ccccc2)cc1Cl. The van der Waals surface area contributed by atoms with Crippen LogP contribution in [0.3, 0.4) is 0 Å². The highest BCUT2D eigenvalue weighted by Gasteiger charge is 2.27. The number of hydrazone groups is 1. The first-order valence-corrected chi connectivity index (χ1v) is 15.2. The summed E-state index contributed by atoms with van der Waals surface area (Å²) in [5, 5.41) is 5.18. The Balaban J connectivity index is 1.47. The molecule has 1 amide bonds. The van der Waals surface area contributed by atoms with Gasteiger partial charge in [-0.15, -0.1) is 0 Å². The van der Waals surface area contributed by atoms with Gasteiger partial charge in [0.05, 0.1) is 36.0 Å². The molecule has 0 atom stereocenters. The van der Waals surface area contributed by atoms with Gasteiger partial charge in [0.2, 0.25) is 0 Å². The summed E-state index contributed by atoms with van der Waals surface area (Å²) in [7, 11) is -1.19. The second kappa shape index (κ2) is 14.5. The number of benzene rings is 4. The molecule has 0 aliphatic carbocycles. The number of hydrogen-bond donors (Lipinski definition) is 1. The average Bonchev–Trinajstić information content (AvgIpc) is 3.00. The molecular formula is C30H26Cl3N3O6S. The van der Waals surface area contributed by atoms with Gasteiger partial charge in [0.15, 0.2) is 11.5 Å². The lowest BCUT2D eigenvalue weighted by atomic mass is 10.2. The minimum Gasteiger partial charge on any atom is -0.495 e. The van der Waals surface area contributed by atoms with Crippen molar-refractivity contribution in [1.29, 1.82) is 0 Å². The van der Waals surface area contributed by atoms with E-state index in [1.165, 1.54) is 50.8 Å². The second-order valence-electron chi connectivity index (χ2n) is 8.87. The van der Waals surface area contributed by atoms with Gasteiger partial charge in [0.1, 0.15) is 18.9 Å². The Morgan fingerprint density at radius 3 is 2.26 bits per heavy atom. The van der Waals surface area contributed by atoms with Crippen LogP contribution >= 0.6 is 34.8 Å². The summed E-state index contributed by atoms with van der Waals surface area (Å²) in [6.07, 6.45) is 1.39. The van der Waals surface area contributed by atoms with Crippen molar-refractivity contribution in [2.75, 3.05) is 25.1 Å². The van der Waals surface area contributed by atoms with Crippen LogP contribution in [0.5, 0.6) is 17.2 Å². The fraction of sp³-hybridized carbons (Fsp3) is 0.133. The molecule has 4 aromatic rings. The third-order valence-electron chi connectivity index (χ3n) is 6.03. The molecule has 0 aliphatic heterocycles. The maximum atomic E-state index is 13.5. The largest absolute Gasteiger partial charge is 0.495 e. The highest BCUT2D eigenvalue weighted by atomic mass is 35.5. The Morgan fingerprint density at radius 2 is 1.58 bits per heavy atom. The topological polar surface area (TPSA) is 107 Å². The minimum absolute atomic E-state index is 0.00554. The van der Waals surface area contributed by atoms with Crippen molar-refractivity contribution in [2.24, 2.45) is 5.10 Å². The van der Waals surface area contributed by atoms with Gasteiger partial charge in [0, 0.05) is 15.6 Å². The van der Waals surface area contributed by atoms with Gasteiger partial charge in [-0.05, 0) is 66.2 Å². The molecule has 4 rings (SSSR count). The first-order valence-electron chi connectivity index (χ1n) is 12.6. The van der Waals surface area contributed by atoms with Gasteiger partial charge in [0.25, 0.3) is 15.9 Å². The highest BCUT2D eigenvalue weighted by molar-refractivity contribution is 7.92. The fourth-order valence-corrected chi connectivity index (χ4v) is 6.02. The van der Waals surface area contributed by atoms with E-state index in [0.717, 1.165) is 9.87 Å². The smallest absolute Gasteiger partial charge is 0.264 e. The Labute approximate surface area is 264 Å². The van der Waals surface area contributed by atoms with Crippen molar-refractivity contribution in [3.63, 3.8) is 0 Å². The normalized spacial score (nSPS) is 11.3. The summed E-state index contributed by atoms with van der Waals surface area (Å²) in [5.74, 6) is 0.568. The van der Waals surface area contributed by atoms with E-state index in [4.69, 9.17) is 49.0 Å². The zero-order valence-corrected chi connectivity index (χ0v) is 26.0. The van der Waals surface area contributed by atoms with Crippen molar-refractivity contribution in [2.45, 2.75) is 11.5 Å². The summed E-state index contributed by atoms with van der Waals surface area (Å²) in [5.41, 5.74) is 3.89. The molecule has 0 spiro atoms. The number of hydrogen-bond acceptors (Lipinski definition) is 7. The number of halogens is 3. The van der Waals surface area contributed by atoms with Crippen LogP contribution in [0.4, 0.5) is 5.69 Å². The molecular weight excluding hydrogens is 637 g/mol. The predicted octanol–water partition coefficient (Wildman–Crippen LogP) is 6.59. The molecule has 1 N–H and O–H groups in total. The van der Waals surface area contributed by atoms with Crippen molar-refractivity contribution < 1.29 is 27.4 Å². The number of anilines is 1. The molecule has 0 fully saturated rings. The number of sulfonamides is 1. The number of carbonyl (C=O) groups is 1. The molecule has 9 nitrogen and oxygen atoms in total. The van der Waals surface area contributed by atoms with E-state index in [2.05, 4.69) is 10.5 Å². The quantitative estimate of drug-likeness (QED) is 0.136. The molecule has 0 aromatic heterocycles. The summed E-state index contributed by atoms with van der Waals surface area (Å²) in [4.78, 5) is 12.9. The van der Waals surface area contributed by atoms with E-state index < -0.39 is 22.5 Å². The minimum atomic E-state index is -4.13. The first kappa shape index (κ1) is 32.0. The number of ether oxygens (including phenoxy) is 3. The Morgan fingerprint density at radius 1 is 0.860 bits per heavy atom. The number of methoxy groups -OCH3 is 2. The highest BCUT2D eigenvalue weighted by Crippen LogP contribution is 2.32. The number of carbonyl (C=O) groups excluding carboxylic acids is 1. The van der Waals surface area contributed by atoms with Crippen LogP contribution < -0.4 is 23.9 Å². The lowest BCUT2D eigenvalue weighted by molar-refractivity contribution is -0.119. The van der Waals surface area contributed by atoms with Crippen LogP contribution in [-0.2, 0) is 21.4 Å². The molecule has 4 aromatic carbocycles. The molecule has 43 heavy (non-hydrogen) atoms. The van der Waals surface area contributed by atoms with Gasteiger partial charge < -0.3 is 14.2 Å². The maximum Gasteiger partial charge on any atom is 0.264 e. The average molecular weight is 663 g/mol. The molecule has 13 heteroatoms. The van der Waals surface area contributed by atoms with E-state index >= 15 is 0 Å². The third-order valence-corrected chi connectivity index (χ3v) is 8.70. The van der Waals surface area contributed by atoms with E-state index in [0.29, 0.717) is 32.9 Å². The molecule has 0 bridgehead atoms. The number of rotatable bonds is 12. The molecule has 0 saturated heterocycles. The van der Waals surface area contributed by atoms with Gasteiger partial charge >= 0.3 is 0 Å². The zero-order chi connectivity index (χ0) is 31.0. The van der Waals surface area contributed by atoms with Gasteiger partial charge in [-0.2, -0.15) is 5.10 Å². The van der Waals surface area contributed by atoms with Crippen LogP contribution in [0, 0.1) is 0 Å². The number of amides is 1. The zero-order valence-electron chi connectivity index (χ0n) is 23.0. The standard InChI is InChI=1S/C30H26Cl3N3O6S/c1-40-27-13-11-23(16-26(27)33)36(43(38,39)24-6-4-3-5-7-24)18-30(37)35-34-17-20-8-12-28(29(14-20)41-2)42-19-21-9-10-22(31)15-25(21)32/h3-17H,18-19H2,1-2H3,(H,35,37)/b34-17+. The van der Waals surface area contributed by atoms with Gasteiger partial charge in [-0.25, -0.2) is 13.8 Å². The summed E-state index contributed by atoms with van der Waals surface area (Å²) in [6, 6.07) is 22.4. The van der Waals surface area contributed by atoms with Crippen LogP contribution in [0.1, 0.15) is 11.1 Å². The lowest BCUT2D eigenvalue weighted by Gasteiger charge is -2.24. The third kappa shape index (κ3) is 8.11. The summed E-state index contributed by atoms with van der Waals surface area (Å²) in [6.45, 7) is -0.377. The monoisotopic (exact) mass is 661 g/mol. The molecule has 0 saturated carbocycles. The molecule has 224 valence electrons. The Bertz CT molecular complexity index is 1740. The van der Waals surface area contributed by atoms with E-state index in [-0.39, 0.29) is 22.2 Å². The number of nitrogens with one attached hydrogen (secondary N) is 1. The Kier molecular flexibility index (Phi) is 10.8. The van der Waals surface area contributed by atoms with Crippen molar-refractivity contribution >= 4 is 62.6 Å². The van der Waals surface area contributed by atoms with E-state index in [9.17, 15) is 13.2 Å². The van der Waals surface area contributed by atoms with Crippen LogP contribution in [0.15, 0.2) is 94.9 Å². The molecule has 0 unspecified atom stereocenters. The van der Waals surface area contributed by atoms with Gasteiger partial charge in [-0.1, -0.05) is 59.1 Å². The van der Waals surface area contributed by atoms with E-state index in [1.807, 2.05) is 0 Å². The summed E-state index contributed by atoms with van der Waals surface area (Å²) >= 11 is 18.4. The van der Waals surface area contributed by atoms with Crippen molar-refractivity contribution in [1.82, 2.24) is 5.43 Å². The maximum absolute atomic E-state index is 13.5.